The fourth-order valence-electron chi connectivity index (χ4n) is 4.31. The topological polar surface area (TPSA) is 90.4 Å². The number of likely N-dealkylation sites (N-methyl/N-ethyl adjacent to an activating group) is 1. The molecule has 0 radical (unpaired) electrons. The molecule has 33 heavy (non-hydrogen) atoms. The van der Waals surface area contributed by atoms with Crippen molar-refractivity contribution in [2.75, 3.05) is 60.5 Å². The molecule has 184 valence electrons. The zero-order valence-corrected chi connectivity index (χ0v) is 19.0. The number of halogens is 3. The van der Waals surface area contributed by atoms with Gasteiger partial charge in [0.1, 0.15) is 0 Å². The molecule has 2 fully saturated rings. The molecule has 0 bridgehead atoms. The number of aliphatic carboxylic acids is 1. The summed E-state index contributed by atoms with van der Waals surface area (Å²) in [5.74, 6) is -2.34. The minimum absolute atomic E-state index is 0.0792. The highest BCUT2D eigenvalue weighted by atomic mass is 19.4. The fraction of sp³-hybridized carbons (Fsp3) is 0.591. The van der Waals surface area contributed by atoms with Gasteiger partial charge < -0.3 is 19.6 Å². The predicted molar refractivity (Wildman–Crippen MR) is 114 cm³/mol. The van der Waals surface area contributed by atoms with Gasteiger partial charge in [0.2, 0.25) is 11.8 Å². The predicted octanol–water partition coefficient (Wildman–Crippen LogP) is 1.67. The van der Waals surface area contributed by atoms with Crippen molar-refractivity contribution in [3.63, 3.8) is 0 Å². The molecule has 2 aliphatic rings. The average molecular weight is 473 g/mol. The number of carbonyl (C=O) groups excluding carboxylic acids is 2. The van der Waals surface area contributed by atoms with Gasteiger partial charge in [0, 0.05) is 53.3 Å². The third-order valence-corrected chi connectivity index (χ3v) is 6.02. The van der Waals surface area contributed by atoms with Gasteiger partial charge in [-0.25, -0.2) is 4.79 Å². The number of methoxy groups -OCH3 is 1. The zero-order valence-electron chi connectivity index (χ0n) is 19.0. The van der Waals surface area contributed by atoms with Crippen molar-refractivity contribution in [3.8, 4) is 0 Å². The molecule has 0 unspecified atom stereocenters. The Bertz CT molecular complexity index is 834. The van der Waals surface area contributed by atoms with Crippen molar-refractivity contribution in [1.82, 2.24) is 14.7 Å². The lowest BCUT2D eigenvalue weighted by Gasteiger charge is -2.29. The third-order valence-electron chi connectivity index (χ3n) is 6.02. The normalized spacial score (nSPS) is 22.9. The Morgan fingerprint density at radius 1 is 1.24 bits per heavy atom. The molecular formula is C22H30F3N3O5. The van der Waals surface area contributed by atoms with E-state index in [1.165, 1.54) is 5.56 Å². The van der Waals surface area contributed by atoms with Crippen LogP contribution in [0.3, 0.4) is 0 Å². The number of ether oxygens (including phenoxy) is 1. The van der Waals surface area contributed by atoms with E-state index in [1.54, 1.807) is 26.1 Å². The number of carboxylic acids is 1. The molecule has 3 rings (SSSR count). The van der Waals surface area contributed by atoms with E-state index < -0.39 is 17.6 Å². The molecule has 0 aliphatic carbocycles. The van der Waals surface area contributed by atoms with Gasteiger partial charge in [-0.05, 0) is 12.0 Å². The van der Waals surface area contributed by atoms with Crippen LogP contribution in [0.4, 0.5) is 13.2 Å². The lowest BCUT2D eigenvalue weighted by atomic mass is 9.73. The number of carbonyl (C=O) groups is 3. The monoisotopic (exact) mass is 473 g/mol. The summed E-state index contributed by atoms with van der Waals surface area (Å²) < 4.78 is 36.9. The van der Waals surface area contributed by atoms with Crippen LogP contribution >= 0.6 is 0 Å². The van der Waals surface area contributed by atoms with Crippen LogP contribution in [0, 0.1) is 5.41 Å². The van der Waals surface area contributed by atoms with Crippen LogP contribution in [0.25, 0.3) is 0 Å². The standard InChI is InChI=1S/C20H29N3O3.C2HF3O2/c1-21(2)18(24)14-22-13-17(16-7-5-4-6-8-16)20(15-22)9-10-23(19(20)25)11-12-26-3;3-2(4,5)1(6)7/h4-8,17H,9-15H2,1-3H3;(H,6,7)/t17-,20+;/m0./s1. The smallest absolute Gasteiger partial charge is 0.475 e. The number of likely N-dealkylation sites (tertiary alicyclic amines) is 2. The van der Waals surface area contributed by atoms with Crippen molar-refractivity contribution in [1.29, 1.82) is 0 Å². The molecule has 2 heterocycles. The first-order valence-corrected chi connectivity index (χ1v) is 10.5. The first kappa shape index (κ1) is 26.6. The summed E-state index contributed by atoms with van der Waals surface area (Å²) in [5.41, 5.74) is 0.760. The lowest BCUT2D eigenvalue weighted by Crippen LogP contribution is -2.41. The Kier molecular flexibility index (Phi) is 8.84. The van der Waals surface area contributed by atoms with E-state index in [0.29, 0.717) is 26.2 Å². The van der Waals surface area contributed by atoms with E-state index in [-0.39, 0.29) is 17.7 Å². The van der Waals surface area contributed by atoms with Crippen LogP contribution in [0.2, 0.25) is 0 Å². The molecule has 1 aromatic carbocycles. The van der Waals surface area contributed by atoms with E-state index >= 15 is 0 Å². The quantitative estimate of drug-likeness (QED) is 0.676. The molecule has 1 N–H and O–H groups in total. The van der Waals surface area contributed by atoms with Crippen LogP contribution in [0.5, 0.6) is 0 Å². The number of hydrogen-bond donors (Lipinski definition) is 1. The van der Waals surface area contributed by atoms with Crippen LogP contribution in [-0.2, 0) is 19.1 Å². The summed E-state index contributed by atoms with van der Waals surface area (Å²) in [6.07, 6.45) is -4.25. The van der Waals surface area contributed by atoms with Crippen molar-refractivity contribution in [2.24, 2.45) is 5.41 Å². The molecule has 1 aromatic rings. The minimum Gasteiger partial charge on any atom is -0.475 e. The van der Waals surface area contributed by atoms with Crippen molar-refractivity contribution in [3.05, 3.63) is 35.9 Å². The molecular weight excluding hydrogens is 443 g/mol. The minimum atomic E-state index is -5.08. The van der Waals surface area contributed by atoms with Crippen LogP contribution in [-0.4, -0.2) is 104 Å². The maximum absolute atomic E-state index is 13.3. The Morgan fingerprint density at radius 3 is 2.36 bits per heavy atom. The summed E-state index contributed by atoms with van der Waals surface area (Å²) in [7, 11) is 5.21. The van der Waals surface area contributed by atoms with E-state index in [2.05, 4.69) is 17.0 Å². The van der Waals surface area contributed by atoms with Crippen LogP contribution < -0.4 is 0 Å². The number of benzene rings is 1. The maximum Gasteiger partial charge on any atom is 0.490 e. The number of rotatable bonds is 6. The van der Waals surface area contributed by atoms with Crippen molar-refractivity contribution in [2.45, 2.75) is 18.5 Å². The SMILES string of the molecule is COCCN1CC[C@]2(CN(CC(=O)N(C)C)C[C@H]2c2ccccc2)C1=O.O=C(O)C(F)(F)F. The second-order valence-electron chi connectivity index (χ2n) is 8.42. The number of hydrogen-bond acceptors (Lipinski definition) is 5. The van der Waals surface area contributed by atoms with Gasteiger partial charge in [-0.15, -0.1) is 0 Å². The van der Waals surface area contributed by atoms with Gasteiger partial charge >= 0.3 is 12.1 Å². The maximum atomic E-state index is 13.3. The second kappa shape index (κ2) is 11.0. The summed E-state index contributed by atoms with van der Waals surface area (Å²) in [6.45, 7) is 3.71. The molecule has 0 saturated carbocycles. The molecule has 11 heteroatoms. The summed E-state index contributed by atoms with van der Waals surface area (Å²) in [5, 5.41) is 7.12. The molecule has 2 atom stereocenters. The number of alkyl halides is 3. The Morgan fingerprint density at radius 2 is 1.85 bits per heavy atom. The third kappa shape index (κ3) is 6.44. The first-order chi connectivity index (χ1) is 15.4. The summed E-state index contributed by atoms with van der Waals surface area (Å²) in [4.78, 5) is 40.1. The molecule has 2 amide bonds. The van der Waals surface area contributed by atoms with Crippen LogP contribution in [0.1, 0.15) is 17.9 Å². The van der Waals surface area contributed by atoms with E-state index in [4.69, 9.17) is 14.6 Å². The molecule has 2 saturated heterocycles. The Balaban J connectivity index is 0.000000479. The number of amides is 2. The molecule has 2 aliphatic heterocycles. The van der Waals surface area contributed by atoms with Crippen molar-refractivity contribution >= 4 is 17.8 Å². The van der Waals surface area contributed by atoms with Gasteiger partial charge in [-0.3, -0.25) is 14.5 Å². The van der Waals surface area contributed by atoms with Gasteiger partial charge in [-0.2, -0.15) is 13.2 Å². The largest absolute Gasteiger partial charge is 0.490 e. The second-order valence-corrected chi connectivity index (χ2v) is 8.42. The molecule has 8 nitrogen and oxygen atoms in total. The fourth-order valence-corrected chi connectivity index (χ4v) is 4.31. The Hall–Kier alpha value is -2.66. The van der Waals surface area contributed by atoms with Gasteiger partial charge in [0.25, 0.3) is 0 Å². The Labute approximate surface area is 190 Å². The van der Waals surface area contributed by atoms with Crippen LogP contribution in [0.15, 0.2) is 30.3 Å². The summed E-state index contributed by atoms with van der Waals surface area (Å²) >= 11 is 0. The number of carboxylic acid groups (broad SMARTS) is 1. The van der Waals surface area contributed by atoms with Gasteiger partial charge in [-0.1, -0.05) is 30.3 Å². The highest BCUT2D eigenvalue weighted by Gasteiger charge is 2.57. The number of nitrogens with zero attached hydrogens (tertiary/aromatic N) is 3. The lowest BCUT2D eigenvalue weighted by molar-refractivity contribution is -0.192. The highest BCUT2D eigenvalue weighted by Crippen LogP contribution is 2.49. The highest BCUT2D eigenvalue weighted by molar-refractivity contribution is 5.87. The summed E-state index contributed by atoms with van der Waals surface area (Å²) in [6, 6.07) is 10.3. The van der Waals surface area contributed by atoms with Gasteiger partial charge in [0.05, 0.1) is 18.6 Å². The van der Waals surface area contributed by atoms with Crippen molar-refractivity contribution < 1.29 is 37.4 Å². The first-order valence-electron chi connectivity index (χ1n) is 10.5. The van der Waals surface area contributed by atoms with E-state index in [1.807, 2.05) is 23.1 Å². The molecule has 1 spiro atoms. The average Bonchev–Trinajstić information content (AvgIpc) is 3.27. The van der Waals surface area contributed by atoms with E-state index in [0.717, 1.165) is 19.5 Å². The zero-order chi connectivity index (χ0) is 24.8. The van der Waals surface area contributed by atoms with E-state index in [9.17, 15) is 22.8 Å². The molecule has 0 aromatic heterocycles. The van der Waals surface area contributed by atoms with Gasteiger partial charge in [0.15, 0.2) is 0 Å².